The molecule has 2 rings (SSSR count). The van der Waals surface area contributed by atoms with E-state index in [0.29, 0.717) is 44.4 Å². The SMILES string of the molecule is O=S(=O)(CCCCl)N1CCN(c2ncccn2)CC1. The van der Waals surface area contributed by atoms with Gasteiger partial charge in [-0.2, -0.15) is 4.31 Å². The molecular weight excluding hydrogens is 288 g/mol. The number of piperazine rings is 1. The molecule has 1 aromatic rings. The topological polar surface area (TPSA) is 66.4 Å². The van der Waals surface area contributed by atoms with Crippen LogP contribution in [0.15, 0.2) is 18.5 Å². The van der Waals surface area contributed by atoms with E-state index in [1.54, 1.807) is 18.5 Å². The first-order valence-electron chi connectivity index (χ1n) is 6.19. The van der Waals surface area contributed by atoms with Crippen molar-refractivity contribution in [3.8, 4) is 0 Å². The van der Waals surface area contributed by atoms with Crippen LogP contribution in [-0.4, -0.2) is 60.5 Å². The van der Waals surface area contributed by atoms with Crippen LogP contribution in [0.1, 0.15) is 6.42 Å². The van der Waals surface area contributed by atoms with Gasteiger partial charge in [0, 0.05) is 44.5 Å². The largest absolute Gasteiger partial charge is 0.338 e. The van der Waals surface area contributed by atoms with Crippen LogP contribution in [0.2, 0.25) is 0 Å². The number of hydrogen-bond donors (Lipinski definition) is 0. The van der Waals surface area contributed by atoms with Crippen LogP contribution in [0, 0.1) is 0 Å². The van der Waals surface area contributed by atoms with Gasteiger partial charge in [-0.05, 0) is 12.5 Å². The van der Waals surface area contributed by atoms with Gasteiger partial charge in [0.15, 0.2) is 0 Å². The molecule has 6 nitrogen and oxygen atoms in total. The maximum absolute atomic E-state index is 12.0. The molecule has 0 bridgehead atoms. The molecule has 1 fully saturated rings. The molecule has 0 unspecified atom stereocenters. The van der Waals surface area contributed by atoms with Crippen molar-refractivity contribution < 1.29 is 8.42 Å². The van der Waals surface area contributed by atoms with E-state index >= 15 is 0 Å². The average molecular weight is 305 g/mol. The Balaban J connectivity index is 1.92. The van der Waals surface area contributed by atoms with Crippen molar-refractivity contribution in [1.82, 2.24) is 14.3 Å². The minimum atomic E-state index is -3.17. The molecule has 1 aliphatic rings. The van der Waals surface area contributed by atoms with Crippen LogP contribution in [0.5, 0.6) is 0 Å². The van der Waals surface area contributed by atoms with Crippen molar-refractivity contribution in [1.29, 1.82) is 0 Å². The molecule has 0 aliphatic carbocycles. The van der Waals surface area contributed by atoms with Crippen LogP contribution in [0.3, 0.4) is 0 Å². The molecule has 0 spiro atoms. The van der Waals surface area contributed by atoms with Crippen LogP contribution in [0.25, 0.3) is 0 Å². The fraction of sp³-hybridized carbons (Fsp3) is 0.636. The minimum Gasteiger partial charge on any atom is -0.338 e. The first-order chi connectivity index (χ1) is 9.13. The number of anilines is 1. The second kappa shape index (κ2) is 6.49. The Bertz CT molecular complexity index is 489. The van der Waals surface area contributed by atoms with Gasteiger partial charge < -0.3 is 4.90 Å². The van der Waals surface area contributed by atoms with E-state index in [4.69, 9.17) is 11.6 Å². The fourth-order valence-corrected chi connectivity index (χ4v) is 3.77. The Morgan fingerprint density at radius 2 is 1.79 bits per heavy atom. The van der Waals surface area contributed by atoms with Gasteiger partial charge in [-0.3, -0.25) is 0 Å². The lowest BCUT2D eigenvalue weighted by molar-refractivity contribution is 0.382. The van der Waals surface area contributed by atoms with E-state index in [0.717, 1.165) is 0 Å². The summed E-state index contributed by atoms with van der Waals surface area (Å²) >= 11 is 5.54. The molecule has 1 aliphatic heterocycles. The molecule has 0 aromatic carbocycles. The summed E-state index contributed by atoms with van der Waals surface area (Å²) in [6, 6.07) is 1.76. The van der Waals surface area contributed by atoms with Crippen molar-refractivity contribution in [3.05, 3.63) is 18.5 Å². The quantitative estimate of drug-likeness (QED) is 0.744. The first-order valence-corrected chi connectivity index (χ1v) is 8.33. The normalized spacial score (nSPS) is 17.6. The van der Waals surface area contributed by atoms with Gasteiger partial charge in [-0.15, -0.1) is 11.6 Å². The average Bonchev–Trinajstić information content (AvgIpc) is 2.46. The highest BCUT2D eigenvalue weighted by atomic mass is 35.5. The maximum Gasteiger partial charge on any atom is 0.225 e. The lowest BCUT2D eigenvalue weighted by Gasteiger charge is -2.33. The van der Waals surface area contributed by atoms with E-state index in [2.05, 4.69) is 9.97 Å². The predicted octanol–water partition coefficient (Wildman–Crippen LogP) is 0.557. The summed E-state index contributed by atoms with van der Waals surface area (Å²) in [6.45, 7) is 2.18. The summed E-state index contributed by atoms with van der Waals surface area (Å²) < 4.78 is 25.5. The van der Waals surface area contributed by atoms with E-state index < -0.39 is 10.0 Å². The molecule has 0 atom stereocenters. The van der Waals surface area contributed by atoms with E-state index in [1.807, 2.05) is 4.90 Å². The van der Waals surface area contributed by atoms with Crippen molar-refractivity contribution in [3.63, 3.8) is 0 Å². The maximum atomic E-state index is 12.0. The molecule has 1 saturated heterocycles. The lowest BCUT2D eigenvalue weighted by Crippen LogP contribution is -2.49. The summed E-state index contributed by atoms with van der Waals surface area (Å²) in [5, 5.41) is 0. The Kier molecular flexibility index (Phi) is 4.95. The highest BCUT2D eigenvalue weighted by Gasteiger charge is 2.27. The highest BCUT2D eigenvalue weighted by molar-refractivity contribution is 7.89. The van der Waals surface area contributed by atoms with Gasteiger partial charge >= 0.3 is 0 Å². The fourth-order valence-electron chi connectivity index (χ4n) is 1.99. The molecule has 0 N–H and O–H groups in total. The zero-order valence-corrected chi connectivity index (χ0v) is 12.1. The van der Waals surface area contributed by atoms with Crippen molar-refractivity contribution in [2.24, 2.45) is 0 Å². The van der Waals surface area contributed by atoms with Crippen molar-refractivity contribution in [2.75, 3.05) is 42.7 Å². The van der Waals surface area contributed by atoms with Crippen LogP contribution >= 0.6 is 11.6 Å². The second-order valence-corrected chi connectivity index (χ2v) is 6.76. The summed E-state index contributed by atoms with van der Waals surface area (Å²) in [5.41, 5.74) is 0. The number of aromatic nitrogens is 2. The third kappa shape index (κ3) is 3.77. The summed E-state index contributed by atoms with van der Waals surface area (Å²) in [5.74, 6) is 1.15. The van der Waals surface area contributed by atoms with E-state index in [-0.39, 0.29) is 5.75 Å². The summed E-state index contributed by atoms with van der Waals surface area (Å²) in [6.07, 6.45) is 3.86. The van der Waals surface area contributed by atoms with Crippen LogP contribution < -0.4 is 4.90 Å². The number of sulfonamides is 1. The summed E-state index contributed by atoms with van der Waals surface area (Å²) in [4.78, 5) is 10.3. The number of rotatable bonds is 5. The standard InChI is InChI=1S/C11H17ClN4O2S/c12-3-1-10-19(17,18)16-8-6-15(7-9-16)11-13-4-2-5-14-11/h2,4-5H,1,3,6-10H2. The Labute approximate surface area is 118 Å². The predicted molar refractivity (Wildman–Crippen MR) is 74.9 cm³/mol. The number of hydrogen-bond acceptors (Lipinski definition) is 5. The first kappa shape index (κ1) is 14.5. The number of alkyl halides is 1. The molecule has 1 aromatic heterocycles. The van der Waals surface area contributed by atoms with Crippen molar-refractivity contribution in [2.45, 2.75) is 6.42 Å². The molecular formula is C11H17ClN4O2S. The third-order valence-electron chi connectivity index (χ3n) is 3.00. The monoisotopic (exact) mass is 304 g/mol. The highest BCUT2D eigenvalue weighted by Crippen LogP contribution is 2.13. The van der Waals surface area contributed by atoms with Gasteiger partial charge in [0.25, 0.3) is 0 Å². The van der Waals surface area contributed by atoms with Gasteiger partial charge in [-0.1, -0.05) is 0 Å². The number of halogens is 1. The van der Waals surface area contributed by atoms with E-state index in [9.17, 15) is 8.42 Å². The minimum absolute atomic E-state index is 0.123. The second-order valence-electron chi connectivity index (χ2n) is 4.29. The molecule has 0 radical (unpaired) electrons. The molecule has 106 valence electrons. The van der Waals surface area contributed by atoms with Crippen molar-refractivity contribution >= 4 is 27.6 Å². The van der Waals surface area contributed by atoms with Crippen LogP contribution in [-0.2, 0) is 10.0 Å². The number of nitrogens with zero attached hydrogens (tertiary/aromatic N) is 4. The smallest absolute Gasteiger partial charge is 0.225 e. The molecule has 0 saturated carbocycles. The zero-order chi connectivity index (χ0) is 13.7. The van der Waals surface area contributed by atoms with Gasteiger partial charge in [0.2, 0.25) is 16.0 Å². The Morgan fingerprint density at radius 1 is 1.16 bits per heavy atom. The van der Waals surface area contributed by atoms with E-state index in [1.165, 1.54) is 4.31 Å². The summed E-state index contributed by atoms with van der Waals surface area (Å²) in [7, 11) is -3.17. The van der Waals surface area contributed by atoms with Gasteiger partial charge in [0.1, 0.15) is 0 Å². The molecule has 19 heavy (non-hydrogen) atoms. The molecule has 2 heterocycles. The lowest BCUT2D eigenvalue weighted by atomic mass is 10.4. The molecule has 0 amide bonds. The Morgan fingerprint density at radius 3 is 2.37 bits per heavy atom. The zero-order valence-electron chi connectivity index (χ0n) is 10.6. The third-order valence-corrected chi connectivity index (χ3v) is 5.23. The van der Waals surface area contributed by atoms with Gasteiger partial charge in [0.05, 0.1) is 5.75 Å². The molecule has 8 heteroatoms. The Hall–Kier alpha value is -0.920. The van der Waals surface area contributed by atoms with Gasteiger partial charge in [-0.25, -0.2) is 18.4 Å². The van der Waals surface area contributed by atoms with Crippen LogP contribution in [0.4, 0.5) is 5.95 Å².